The van der Waals surface area contributed by atoms with Crippen LogP contribution in [-0.4, -0.2) is 48.0 Å². The maximum absolute atomic E-state index is 6.37. The Morgan fingerprint density at radius 2 is 1.95 bits per heavy atom. The molecule has 0 N–H and O–H groups in total. The van der Waals surface area contributed by atoms with Crippen molar-refractivity contribution in [1.82, 2.24) is 14.8 Å². The fourth-order valence-corrected chi connectivity index (χ4v) is 2.89. The third-order valence-electron chi connectivity index (χ3n) is 3.78. The van der Waals surface area contributed by atoms with Gasteiger partial charge in [-0.1, -0.05) is 36.7 Å². The molecule has 1 heterocycles. The van der Waals surface area contributed by atoms with Crippen molar-refractivity contribution >= 4 is 22.5 Å². The molecular weight excluding hydrogens is 282 g/mol. The molecule has 1 unspecified atom stereocenters. The summed E-state index contributed by atoms with van der Waals surface area (Å²) in [6, 6.07) is 10.7. The Labute approximate surface area is 132 Å². The van der Waals surface area contributed by atoms with Crippen molar-refractivity contribution in [3.63, 3.8) is 0 Å². The largest absolute Gasteiger partial charge is 0.308 e. The smallest absolute Gasteiger partial charge is 0.134 e. The van der Waals surface area contributed by atoms with Gasteiger partial charge in [0.15, 0.2) is 0 Å². The van der Waals surface area contributed by atoms with E-state index < -0.39 is 0 Å². The monoisotopic (exact) mass is 305 g/mol. The van der Waals surface area contributed by atoms with Gasteiger partial charge in [0.25, 0.3) is 0 Å². The van der Waals surface area contributed by atoms with Crippen LogP contribution in [0.15, 0.2) is 30.3 Å². The highest BCUT2D eigenvalue weighted by Gasteiger charge is 2.15. The molecule has 2 rings (SSSR count). The van der Waals surface area contributed by atoms with E-state index in [1.807, 2.05) is 18.2 Å². The van der Waals surface area contributed by atoms with Gasteiger partial charge < -0.3 is 4.90 Å². The molecule has 0 aliphatic rings. The van der Waals surface area contributed by atoms with Gasteiger partial charge in [-0.3, -0.25) is 4.90 Å². The van der Waals surface area contributed by atoms with Crippen LogP contribution in [0.5, 0.6) is 0 Å². The van der Waals surface area contributed by atoms with Crippen LogP contribution < -0.4 is 0 Å². The van der Waals surface area contributed by atoms with Gasteiger partial charge in [-0.2, -0.15) is 0 Å². The highest BCUT2D eigenvalue weighted by Crippen LogP contribution is 2.22. The number of halogens is 1. The minimum Gasteiger partial charge on any atom is -0.308 e. The van der Waals surface area contributed by atoms with Gasteiger partial charge in [0.2, 0.25) is 0 Å². The zero-order valence-corrected chi connectivity index (χ0v) is 14.1. The quantitative estimate of drug-likeness (QED) is 0.759. The number of fused-ring (bicyclic) bond motifs is 1. The number of likely N-dealkylation sites (N-methyl/N-ethyl adjacent to an activating group) is 2. The number of rotatable bonds is 6. The zero-order valence-electron chi connectivity index (χ0n) is 13.3. The van der Waals surface area contributed by atoms with Gasteiger partial charge in [-0.25, -0.2) is 4.98 Å². The van der Waals surface area contributed by atoms with Crippen molar-refractivity contribution in [2.24, 2.45) is 0 Å². The lowest BCUT2D eigenvalue weighted by atomic mass is 10.1. The number of nitrogens with zero attached hydrogens (tertiary/aromatic N) is 3. The van der Waals surface area contributed by atoms with Crippen LogP contribution in [0.3, 0.4) is 0 Å². The van der Waals surface area contributed by atoms with Crippen molar-refractivity contribution in [1.29, 1.82) is 0 Å². The predicted molar refractivity (Wildman–Crippen MR) is 90.9 cm³/mol. The molecule has 0 spiro atoms. The van der Waals surface area contributed by atoms with E-state index in [-0.39, 0.29) is 0 Å². The fraction of sp³-hybridized carbons (Fsp3) is 0.471. The molecular formula is C17H24ClN3. The summed E-state index contributed by atoms with van der Waals surface area (Å²) in [7, 11) is 4.21. The Bertz CT molecular complexity index is 598. The van der Waals surface area contributed by atoms with Crippen LogP contribution in [0, 0.1) is 0 Å². The third kappa shape index (κ3) is 4.16. The minimum atomic E-state index is 0.479. The normalized spacial score (nSPS) is 13.3. The zero-order chi connectivity index (χ0) is 15.4. The lowest BCUT2D eigenvalue weighted by Gasteiger charge is -2.30. The fourth-order valence-electron chi connectivity index (χ4n) is 2.69. The molecule has 2 aromatic rings. The van der Waals surface area contributed by atoms with Gasteiger partial charge in [0, 0.05) is 30.1 Å². The van der Waals surface area contributed by atoms with E-state index >= 15 is 0 Å². The molecule has 0 fully saturated rings. The highest BCUT2D eigenvalue weighted by molar-refractivity contribution is 6.30. The van der Waals surface area contributed by atoms with Crippen molar-refractivity contribution in [2.75, 3.05) is 27.2 Å². The summed E-state index contributed by atoms with van der Waals surface area (Å²) in [5.74, 6) is 0. The van der Waals surface area contributed by atoms with Crippen LogP contribution >= 0.6 is 11.6 Å². The second-order valence-electron chi connectivity index (χ2n) is 5.81. The van der Waals surface area contributed by atoms with Crippen LogP contribution in [0.4, 0.5) is 0 Å². The number of para-hydroxylation sites is 1. The second kappa shape index (κ2) is 7.21. The summed E-state index contributed by atoms with van der Waals surface area (Å²) >= 11 is 6.37. The highest BCUT2D eigenvalue weighted by atomic mass is 35.5. The standard InChI is InChI=1S/C17H24ClN3/c1-5-21(13(2)11-20(3)4)12-15-10-14-8-6-7-9-16(14)19-17(15)18/h6-10,13H,5,11-12H2,1-4H3. The van der Waals surface area contributed by atoms with E-state index in [1.54, 1.807) is 0 Å². The van der Waals surface area contributed by atoms with Crippen LogP contribution in [-0.2, 0) is 6.54 Å². The first-order valence-corrected chi connectivity index (χ1v) is 7.82. The molecule has 0 amide bonds. The molecule has 4 heteroatoms. The van der Waals surface area contributed by atoms with Crippen molar-refractivity contribution in [3.05, 3.63) is 41.0 Å². The molecule has 0 saturated heterocycles. The average molecular weight is 306 g/mol. The van der Waals surface area contributed by atoms with Crippen molar-refractivity contribution in [2.45, 2.75) is 26.4 Å². The molecule has 1 aromatic carbocycles. The van der Waals surface area contributed by atoms with E-state index in [9.17, 15) is 0 Å². The van der Waals surface area contributed by atoms with E-state index in [1.165, 1.54) is 0 Å². The molecule has 1 atom stereocenters. The molecule has 1 aromatic heterocycles. The second-order valence-corrected chi connectivity index (χ2v) is 6.16. The Hall–Kier alpha value is -1.16. The van der Waals surface area contributed by atoms with Crippen LogP contribution in [0.1, 0.15) is 19.4 Å². The Morgan fingerprint density at radius 3 is 2.62 bits per heavy atom. The first kappa shape index (κ1) is 16.2. The Kier molecular flexibility index (Phi) is 5.57. The summed E-state index contributed by atoms with van der Waals surface area (Å²) in [5, 5.41) is 1.76. The molecule has 114 valence electrons. The van der Waals surface area contributed by atoms with Crippen LogP contribution in [0.2, 0.25) is 5.15 Å². The summed E-state index contributed by atoms with van der Waals surface area (Å²) in [5.41, 5.74) is 2.05. The summed E-state index contributed by atoms with van der Waals surface area (Å²) in [6.45, 7) is 7.31. The number of aromatic nitrogens is 1. The number of hydrogen-bond donors (Lipinski definition) is 0. The number of pyridine rings is 1. The Balaban J connectivity index is 2.22. The van der Waals surface area contributed by atoms with Gasteiger partial charge in [0.1, 0.15) is 5.15 Å². The molecule has 0 saturated carbocycles. The first-order chi connectivity index (χ1) is 10.0. The van der Waals surface area contributed by atoms with Gasteiger partial charge in [-0.15, -0.1) is 0 Å². The molecule has 21 heavy (non-hydrogen) atoms. The minimum absolute atomic E-state index is 0.479. The SMILES string of the molecule is CCN(Cc1cc2ccccc2nc1Cl)C(C)CN(C)C. The maximum Gasteiger partial charge on any atom is 0.134 e. The molecule has 3 nitrogen and oxygen atoms in total. The van der Waals surface area contributed by atoms with Crippen LogP contribution in [0.25, 0.3) is 10.9 Å². The van der Waals surface area contributed by atoms with E-state index in [4.69, 9.17) is 11.6 Å². The molecule has 0 aliphatic heterocycles. The average Bonchev–Trinajstić information content (AvgIpc) is 2.44. The number of benzene rings is 1. The molecule has 0 radical (unpaired) electrons. The van der Waals surface area contributed by atoms with E-state index in [0.717, 1.165) is 36.1 Å². The molecule has 0 bridgehead atoms. The van der Waals surface area contributed by atoms with Gasteiger partial charge in [-0.05, 0) is 39.7 Å². The van der Waals surface area contributed by atoms with Gasteiger partial charge >= 0.3 is 0 Å². The first-order valence-electron chi connectivity index (χ1n) is 7.44. The third-order valence-corrected chi connectivity index (χ3v) is 4.11. The predicted octanol–water partition coefficient (Wildman–Crippen LogP) is 3.66. The molecule has 0 aliphatic carbocycles. The summed E-state index contributed by atoms with van der Waals surface area (Å²) in [6.07, 6.45) is 0. The summed E-state index contributed by atoms with van der Waals surface area (Å²) in [4.78, 5) is 9.16. The number of hydrogen-bond acceptors (Lipinski definition) is 3. The van der Waals surface area contributed by atoms with Crippen molar-refractivity contribution in [3.8, 4) is 0 Å². The lowest BCUT2D eigenvalue weighted by Crippen LogP contribution is -2.39. The van der Waals surface area contributed by atoms with E-state index in [2.05, 4.69) is 54.9 Å². The van der Waals surface area contributed by atoms with Gasteiger partial charge in [0.05, 0.1) is 5.52 Å². The van der Waals surface area contributed by atoms with Crippen molar-refractivity contribution < 1.29 is 0 Å². The van der Waals surface area contributed by atoms with E-state index in [0.29, 0.717) is 11.2 Å². The summed E-state index contributed by atoms with van der Waals surface area (Å²) < 4.78 is 0. The topological polar surface area (TPSA) is 19.4 Å². The lowest BCUT2D eigenvalue weighted by molar-refractivity contribution is 0.174. The Morgan fingerprint density at radius 1 is 1.24 bits per heavy atom. The maximum atomic E-state index is 6.37.